The van der Waals surface area contributed by atoms with E-state index in [1.165, 1.54) is 5.56 Å². The highest BCUT2D eigenvalue weighted by Crippen LogP contribution is 2.16. The lowest BCUT2D eigenvalue weighted by molar-refractivity contribution is -0.128. The molecule has 0 N–H and O–H groups in total. The van der Waals surface area contributed by atoms with Gasteiger partial charge in [0.05, 0.1) is 0 Å². The molecule has 1 amide bonds. The summed E-state index contributed by atoms with van der Waals surface area (Å²) in [6.07, 6.45) is 2.95. The fraction of sp³-hybridized carbons (Fsp3) is 0.308. The van der Waals surface area contributed by atoms with Gasteiger partial charge in [-0.15, -0.1) is 0 Å². The summed E-state index contributed by atoms with van der Waals surface area (Å²) in [7, 11) is 0. The smallest absolute Gasteiger partial charge is 0.226 e. The second kappa shape index (κ2) is 6.48. The lowest BCUT2D eigenvalue weighted by Gasteiger charge is -2.17. The van der Waals surface area contributed by atoms with Crippen LogP contribution < -0.4 is 0 Å². The Bertz CT molecular complexity index is 376. The standard InChI is InChI=1S/C13H16BrNO/c1-3-13(16)15(4-2)10-9-11-7-5-6-8-12(11)14/h4-8H,2-3,9-10H2,1H3. The second-order valence-electron chi connectivity index (χ2n) is 3.46. The van der Waals surface area contributed by atoms with E-state index in [-0.39, 0.29) is 5.91 Å². The van der Waals surface area contributed by atoms with Crippen LogP contribution in [-0.4, -0.2) is 17.4 Å². The quantitative estimate of drug-likeness (QED) is 0.810. The number of hydrogen-bond acceptors (Lipinski definition) is 1. The summed E-state index contributed by atoms with van der Waals surface area (Å²) in [4.78, 5) is 13.2. The van der Waals surface area contributed by atoms with Crippen molar-refractivity contribution in [3.8, 4) is 0 Å². The van der Waals surface area contributed by atoms with Crippen LogP contribution in [-0.2, 0) is 11.2 Å². The van der Waals surface area contributed by atoms with E-state index in [0.717, 1.165) is 10.9 Å². The molecule has 0 fully saturated rings. The van der Waals surface area contributed by atoms with Crippen LogP contribution in [0.4, 0.5) is 0 Å². The van der Waals surface area contributed by atoms with Crippen molar-refractivity contribution in [1.29, 1.82) is 0 Å². The largest absolute Gasteiger partial charge is 0.319 e. The Labute approximate surface area is 105 Å². The van der Waals surface area contributed by atoms with Crippen molar-refractivity contribution in [1.82, 2.24) is 4.90 Å². The third-order valence-electron chi connectivity index (χ3n) is 2.42. The molecule has 0 aliphatic heterocycles. The Morgan fingerprint density at radius 2 is 2.19 bits per heavy atom. The van der Waals surface area contributed by atoms with E-state index < -0.39 is 0 Å². The molecule has 1 aromatic carbocycles. The first-order valence-electron chi connectivity index (χ1n) is 5.34. The van der Waals surface area contributed by atoms with Crippen LogP contribution in [0, 0.1) is 0 Å². The van der Waals surface area contributed by atoms with E-state index in [1.807, 2.05) is 25.1 Å². The zero-order chi connectivity index (χ0) is 12.0. The zero-order valence-electron chi connectivity index (χ0n) is 9.45. The monoisotopic (exact) mass is 281 g/mol. The molecule has 0 aliphatic rings. The van der Waals surface area contributed by atoms with Crippen LogP contribution in [0.1, 0.15) is 18.9 Å². The Balaban J connectivity index is 2.60. The maximum Gasteiger partial charge on any atom is 0.226 e. The van der Waals surface area contributed by atoms with Crippen LogP contribution >= 0.6 is 15.9 Å². The summed E-state index contributed by atoms with van der Waals surface area (Å²) in [6, 6.07) is 8.05. The van der Waals surface area contributed by atoms with E-state index in [1.54, 1.807) is 11.1 Å². The summed E-state index contributed by atoms with van der Waals surface area (Å²) < 4.78 is 1.09. The van der Waals surface area contributed by atoms with Crippen molar-refractivity contribution in [2.45, 2.75) is 19.8 Å². The molecule has 0 atom stereocenters. The molecule has 16 heavy (non-hydrogen) atoms. The molecule has 0 heterocycles. The molecule has 2 nitrogen and oxygen atoms in total. The number of nitrogens with zero attached hydrogens (tertiary/aromatic N) is 1. The fourth-order valence-electron chi connectivity index (χ4n) is 1.46. The van der Waals surface area contributed by atoms with Crippen LogP contribution in [0.3, 0.4) is 0 Å². The SMILES string of the molecule is C=CN(CCc1ccccc1Br)C(=O)CC. The minimum absolute atomic E-state index is 0.113. The van der Waals surface area contributed by atoms with Crippen molar-refractivity contribution in [2.24, 2.45) is 0 Å². The van der Waals surface area contributed by atoms with E-state index in [4.69, 9.17) is 0 Å². The fourth-order valence-corrected chi connectivity index (χ4v) is 1.95. The molecular weight excluding hydrogens is 266 g/mol. The minimum atomic E-state index is 0.113. The van der Waals surface area contributed by atoms with Crippen molar-refractivity contribution >= 4 is 21.8 Å². The van der Waals surface area contributed by atoms with Gasteiger partial charge in [0.25, 0.3) is 0 Å². The molecule has 0 bridgehead atoms. The van der Waals surface area contributed by atoms with Gasteiger partial charge in [-0.25, -0.2) is 0 Å². The van der Waals surface area contributed by atoms with Crippen molar-refractivity contribution < 1.29 is 4.79 Å². The van der Waals surface area contributed by atoms with Gasteiger partial charge in [0.1, 0.15) is 0 Å². The van der Waals surface area contributed by atoms with Gasteiger partial charge in [0.15, 0.2) is 0 Å². The number of carbonyl (C=O) groups excluding carboxylic acids is 1. The minimum Gasteiger partial charge on any atom is -0.319 e. The molecule has 1 rings (SSSR count). The predicted octanol–water partition coefficient (Wildman–Crippen LogP) is 3.37. The summed E-state index contributed by atoms with van der Waals surface area (Å²) in [5, 5.41) is 0. The Morgan fingerprint density at radius 1 is 1.50 bits per heavy atom. The van der Waals surface area contributed by atoms with E-state index in [0.29, 0.717) is 13.0 Å². The predicted molar refractivity (Wildman–Crippen MR) is 70.0 cm³/mol. The number of halogens is 1. The van der Waals surface area contributed by atoms with Gasteiger partial charge >= 0.3 is 0 Å². The topological polar surface area (TPSA) is 20.3 Å². The van der Waals surface area contributed by atoms with E-state index in [9.17, 15) is 4.79 Å². The molecule has 0 unspecified atom stereocenters. The molecule has 0 spiro atoms. The number of carbonyl (C=O) groups is 1. The molecule has 1 aromatic rings. The Kier molecular flexibility index (Phi) is 5.26. The molecule has 0 aliphatic carbocycles. The molecule has 3 heteroatoms. The molecule has 86 valence electrons. The van der Waals surface area contributed by atoms with Crippen LogP contribution in [0.25, 0.3) is 0 Å². The van der Waals surface area contributed by atoms with Crippen LogP contribution in [0.5, 0.6) is 0 Å². The van der Waals surface area contributed by atoms with Gasteiger partial charge < -0.3 is 4.90 Å². The van der Waals surface area contributed by atoms with E-state index in [2.05, 4.69) is 28.6 Å². The van der Waals surface area contributed by atoms with Crippen LogP contribution in [0.2, 0.25) is 0 Å². The molecule has 0 radical (unpaired) electrons. The second-order valence-corrected chi connectivity index (χ2v) is 4.32. The molecule has 0 saturated heterocycles. The van der Waals surface area contributed by atoms with Crippen molar-refractivity contribution in [3.63, 3.8) is 0 Å². The number of rotatable bonds is 5. The van der Waals surface area contributed by atoms with Gasteiger partial charge in [0.2, 0.25) is 5.91 Å². The summed E-state index contributed by atoms with van der Waals surface area (Å²) in [5.41, 5.74) is 1.21. The average Bonchev–Trinajstić information content (AvgIpc) is 2.31. The van der Waals surface area contributed by atoms with Gasteiger partial charge in [-0.2, -0.15) is 0 Å². The Morgan fingerprint density at radius 3 is 2.75 bits per heavy atom. The summed E-state index contributed by atoms with van der Waals surface area (Å²) in [6.45, 7) is 6.20. The lowest BCUT2D eigenvalue weighted by atomic mass is 10.1. The summed E-state index contributed by atoms with van der Waals surface area (Å²) in [5.74, 6) is 0.113. The summed E-state index contributed by atoms with van der Waals surface area (Å²) >= 11 is 3.49. The maximum atomic E-state index is 11.5. The normalized spacial score (nSPS) is 9.88. The number of benzene rings is 1. The van der Waals surface area contributed by atoms with Gasteiger partial charge in [-0.05, 0) is 24.3 Å². The van der Waals surface area contributed by atoms with Gasteiger partial charge in [-0.1, -0.05) is 47.6 Å². The third kappa shape index (κ3) is 3.49. The Hall–Kier alpha value is -1.09. The highest BCUT2D eigenvalue weighted by atomic mass is 79.9. The highest BCUT2D eigenvalue weighted by molar-refractivity contribution is 9.10. The van der Waals surface area contributed by atoms with Gasteiger partial charge in [-0.3, -0.25) is 4.79 Å². The van der Waals surface area contributed by atoms with Crippen molar-refractivity contribution in [3.05, 3.63) is 47.1 Å². The zero-order valence-corrected chi connectivity index (χ0v) is 11.0. The van der Waals surface area contributed by atoms with E-state index >= 15 is 0 Å². The van der Waals surface area contributed by atoms with Gasteiger partial charge in [0, 0.05) is 17.4 Å². The lowest BCUT2D eigenvalue weighted by Crippen LogP contribution is -2.26. The molecule has 0 saturated carbocycles. The number of hydrogen-bond donors (Lipinski definition) is 0. The number of amides is 1. The first-order chi connectivity index (χ1) is 7.69. The average molecular weight is 282 g/mol. The maximum absolute atomic E-state index is 11.5. The molecule has 0 aromatic heterocycles. The third-order valence-corrected chi connectivity index (χ3v) is 3.20. The first kappa shape index (κ1) is 13.0. The highest BCUT2D eigenvalue weighted by Gasteiger charge is 2.08. The van der Waals surface area contributed by atoms with Crippen molar-refractivity contribution in [2.75, 3.05) is 6.54 Å². The first-order valence-corrected chi connectivity index (χ1v) is 6.13. The van der Waals surface area contributed by atoms with Crippen LogP contribution in [0.15, 0.2) is 41.5 Å². The molecular formula is C13H16BrNO.